The number of carbonyl (C=O) groups is 1. The maximum Gasteiger partial charge on any atom is 0.318 e. The summed E-state index contributed by atoms with van der Waals surface area (Å²) in [6.07, 6.45) is 0. The first-order chi connectivity index (χ1) is 13.5. The fourth-order valence-electron chi connectivity index (χ4n) is 2.89. The van der Waals surface area contributed by atoms with Crippen LogP contribution in [0.15, 0.2) is 42.5 Å². The summed E-state index contributed by atoms with van der Waals surface area (Å²) >= 11 is 0. The van der Waals surface area contributed by atoms with Crippen molar-refractivity contribution < 1.29 is 18.7 Å². The molecule has 0 radical (unpaired) electrons. The lowest BCUT2D eigenvalue weighted by atomic mass is 10.2. The first-order valence-corrected chi connectivity index (χ1v) is 9.32. The Labute approximate surface area is 164 Å². The minimum atomic E-state index is -0.308. The fourth-order valence-corrected chi connectivity index (χ4v) is 2.89. The van der Waals surface area contributed by atoms with E-state index in [0.717, 1.165) is 5.56 Å². The molecule has 0 saturated carbocycles. The average Bonchev–Trinajstić information content (AvgIpc) is 2.70. The van der Waals surface area contributed by atoms with Gasteiger partial charge in [-0.25, -0.2) is 9.18 Å². The number of halogens is 1. The van der Waals surface area contributed by atoms with Gasteiger partial charge in [0.2, 0.25) is 0 Å². The van der Waals surface area contributed by atoms with Gasteiger partial charge in [-0.1, -0.05) is 24.3 Å². The highest BCUT2D eigenvalue weighted by Crippen LogP contribution is 2.30. The molecule has 0 bridgehead atoms. The molecule has 6 nitrogen and oxygen atoms in total. The second-order valence-electron chi connectivity index (χ2n) is 6.95. The topological polar surface area (TPSA) is 54.0 Å². The number of nitrogens with zero attached hydrogens (tertiary/aromatic N) is 2. The van der Waals surface area contributed by atoms with Crippen molar-refractivity contribution in [3.05, 3.63) is 59.4 Å². The average molecular weight is 387 g/mol. The molecule has 3 rings (SSSR count). The number of hydrogen-bond acceptors (Lipinski definition) is 4. The molecule has 28 heavy (non-hydrogen) atoms. The summed E-state index contributed by atoms with van der Waals surface area (Å²) in [5.41, 5.74) is 1.41. The Bertz CT molecular complexity index is 813. The van der Waals surface area contributed by atoms with Crippen molar-refractivity contribution in [1.29, 1.82) is 0 Å². The number of amides is 2. The molecule has 0 saturated heterocycles. The van der Waals surface area contributed by atoms with E-state index in [2.05, 4.69) is 5.32 Å². The van der Waals surface area contributed by atoms with E-state index in [1.165, 1.54) is 6.07 Å². The Morgan fingerprint density at radius 1 is 1.07 bits per heavy atom. The van der Waals surface area contributed by atoms with Gasteiger partial charge >= 0.3 is 6.03 Å². The van der Waals surface area contributed by atoms with Crippen molar-refractivity contribution in [2.24, 2.45) is 0 Å². The summed E-state index contributed by atoms with van der Waals surface area (Å²) in [7, 11) is 3.88. The first kappa shape index (κ1) is 19.9. The molecule has 0 aliphatic carbocycles. The molecular formula is C21H26FN3O3. The molecule has 2 aromatic carbocycles. The van der Waals surface area contributed by atoms with Crippen LogP contribution in [0.3, 0.4) is 0 Å². The summed E-state index contributed by atoms with van der Waals surface area (Å²) in [5, 5.41) is 2.92. The number of likely N-dealkylation sites (N-methyl/N-ethyl adjacent to an activating group) is 1. The van der Waals surface area contributed by atoms with E-state index in [1.807, 2.05) is 37.2 Å². The summed E-state index contributed by atoms with van der Waals surface area (Å²) in [6, 6.07) is 11.9. The van der Waals surface area contributed by atoms with Gasteiger partial charge in [-0.15, -0.1) is 0 Å². The van der Waals surface area contributed by atoms with E-state index in [4.69, 9.17) is 9.47 Å². The molecule has 0 aromatic heterocycles. The van der Waals surface area contributed by atoms with Gasteiger partial charge in [0.05, 0.1) is 6.54 Å². The second-order valence-corrected chi connectivity index (χ2v) is 6.95. The van der Waals surface area contributed by atoms with Crippen LogP contribution in [0.4, 0.5) is 9.18 Å². The molecular weight excluding hydrogens is 361 g/mol. The number of hydrogen-bond donors (Lipinski definition) is 1. The molecule has 1 aliphatic rings. The van der Waals surface area contributed by atoms with Crippen LogP contribution in [-0.2, 0) is 13.1 Å². The lowest BCUT2D eigenvalue weighted by molar-refractivity contribution is 0.171. The van der Waals surface area contributed by atoms with Crippen LogP contribution in [0.1, 0.15) is 11.1 Å². The number of carbonyl (C=O) groups excluding carboxylic acids is 1. The minimum absolute atomic E-state index is 0.216. The van der Waals surface area contributed by atoms with Crippen LogP contribution < -0.4 is 14.8 Å². The third kappa shape index (κ3) is 5.36. The van der Waals surface area contributed by atoms with Crippen molar-refractivity contribution in [1.82, 2.24) is 15.1 Å². The zero-order valence-electron chi connectivity index (χ0n) is 16.3. The maximum atomic E-state index is 14.0. The van der Waals surface area contributed by atoms with Crippen LogP contribution in [0.2, 0.25) is 0 Å². The van der Waals surface area contributed by atoms with Crippen molar-refractivity contribution in [3.63, 3.8) is 0 Å². The van der Waals surface area contributed by atoms with Gasteiger partial charge in [0.1, 0.15) is 19.0 Å². The summed E-state index contributed by atoms with van der Waals surface area (Å²) in [5.74, 6) is 1.10. The first-order valence-electron chi connectivity index (χ1n) is 9.32. The molecule has 1 aliphatic heterocycles. The zero-order valence-corrected chi connectivity index (χ0v) is 16.3. The molecule has 0 fully saturated rings. The van der Waals surface area contributed by atoms with Crippen LogP contribution in [0.25, 0.3) is 0 Å². The van der Waals surface area contributed by atoms with Crippen molar-refractivity contribution in [2.45, 2.75) is 13.1 Å². The third-order valence-electron chi connectivity index (χ3n) is 4.47. The van der Waals surface area contributed by atoms with Gasteiger partial charge in [-0.2, -0.15) is 0 Å². The van der Waals surface area contributed by atoms with Gasteiger partial charge < -0.3 is 24.6 Å². The summed E-state index contributed by atoms with van der Waals surface area (Å²) in [4.78, 5) is 16.4. The minimum Gasteiger partial charge on any atom is -0.486 e. The van der Waals surface area contributed by atoms with E-state index in [1.54, 1.807) is 23.1 Å². The van der Waals surface area contributed by atoms with Crippen molar-refractivity contribution >= 4 is 6.03 Å². The Kier molecular flexibility index (Phi) is 6.71. The van der Waals surface area contributed by atoms with E-state index in [9.17, 15) is 9.18 Å². The standard InChI is InChI=1S/C21H26FN3O3/c1-24(2)9-10-25(15-17-5-3-4-6-18(17)22)21(26)23-14-16-7-8-19-20(13-16)28-12-11-27-19/h3-8,13H,9-12,14-15H2,1-2H3,(H,23,26). The van der Waals surface area contributed by atoms with Gasteiger partial charge in [0.25, 0.3) is 0 Å². The highest BCUT2D eigenvalue weighted by Gasteiger charge is 2.17. The van der Waals surface area contributed by atoms with Gasteiger partial charge in [-0.3, -0.25) is 0 Å². The molecule has 1 heterocycles. The highest BCUT2D eigenvalue weighted by molar-refractivity contribution is 5.74. The van der Waals surface area contributed by atoms with E-state index < -0.39 is 0 Å². The van der Waals surface area contributed by atoms with Gasteiger partial charge in [-0.05, 0) is 37.9 Å². The smallest absolute Gasteiger partial charge is 0.318 e. The number of urea groups is 1. The predicted molar refractivity (Wildman–Crippen MR) is 105 cm³/mol. The SMILES string of the molecule is CN(C)CCN(Cc1ccccc1F)C(=O)NCc1ccc2c(c1)OCCO2. The quantitative estimate of drug-likeness (QED) is 0.794. The molecule has 0 unspecified atom stereocenters. The Hall–Kier alpha value is -2.80. The predicted octanol–water partition coefficient (Wildman–Crippen LogP) is 2.87. The molecule has 1 N–H and O–H groups in total. The van der Waals surface area contributed by atoms with Crippen LogP contribution in [0.5, 0.6) is 11.5 Å². The Balaban J connectivity index is 1.64. The summed E-state index contributed by atoms with van der Waals surface area (Å²) in [6.45, 7) is 2.81. The molecule has 2 amide bonds. The number of nitrogens with one attached hydrogen (secondary N) is 1. The fraction of sp³-hybridized carbons (Fsp3) is 0.381. The molecule has 7 heteroatoms. The second kappa shape index (κ2) is 9.41. The van der Waals surface area contributed by atoms with E-state index >= 15 is 0 Å². The lowest BCUT2D eigenvalue weighted by Gasteiger charge is -2.25. The maximum absolute atomic E-state index is 14.0. The lowest BCUT2D eigenvalue weighted by Crippen LogP contribution is -2.42. The molecule has 0 spiro atoms. The number of ether oxygens (including phenoxy) is 2. The normalized spacial score (nSPS) is 12.7. The van der Waals surface area contributed by atoms with Gasteiger partial charge in [0.15, 0.2) is 11.5 Å². The van der Waals surface area contributed by atoms with Crippen LogP contribution >= 0.6 is 0 Å². The molecule has 2 aromatic rings. The van der Waals surface area contributed by atoms with E-state index in [0.29, 0.717) is 49.9 Å². The largest absolute Gasteiger partial charge is 0.486 e. The van der Waals surface area contributed by atoms with E-state index in [-0.39, 0.29) is 18.4 Å². The van der Waals surface area contributed by atoms with Crippen molar-refractivity contribution in [3.8, 4) is 11.5 Å². The van der Waals surface area contributed by atoms with Crippen LogP contribution in [0, 0.1) is 5.82 Å². The Morgan fingerprint density at radius 3 is 2.57 bits per heavy atom. The molecule has 0 atom stereocenters. The zero-order chi connectivity index (χ0) is 19.9. The van der Waals surface area contributed by atoms with Gasteiger partial charge in [0, 0.05) is 25.2 Å². The Morgan fingerprint density at radius 2 is 1.82 bits per heavy atom. The number of benzene rings is 2. The highest BCUT2D eigenvalue weighted by atomic mass is 19.1. The third-order valence-corrected chi connectivity index (χ3v) is 4.47. The molecule has 150 valence electrons. The van der Waals surface area contributed by atoms with Crippen LogP contribution in [-0.4, -0.2) is 56.2 Å². The number of rotatable bonds is 7. The van der Waals surface area contributed by atoms with Crippen molar-refractivity contribution in [2.75, 3.05) is 40.4 Å². The monoisotopic (exact) mass is 387 g/mol. The summed E-state index contributed by atoms with van der Waals surface area (Å²) < 4.78 is 25.1. The number of fused-ring (bicyclic) bond motifs is 1.